The zero-order valence-corrected chi connectivity index (χ0v) is 17.5. The van der Waals surface area contributed by atoms with Crippen LogP contribution in [0.1, 0.15) is 22.8 Å². The van der Waals surface area contributed by atoms with E-state index >= 15 is 0 Å². The first kappa shape index (κ1) is 21.3. The highest BCUT2D eigenvalue weighted by atomic mass is 32.2. The van der Waals surface area contributed by atoms with E-state index in [2.05, 4.69) is 0 Å². The molecule has 1 amide bonds. The standard InChI is InChI=1S/C21H26N2O5S/c1-3-23(29(25,26)20-10-8-19(27-2)9-11-20)16-17-4-6-18(7-5-17)21(24)22-12-14-28-15-13-22/h4-11H,3,12-16H2,1-2H3. The molecular weight excluding hydrogens is 392 g/mol. The highest BCUT2D eigenvalue weighted by molar-refractivity contribution is 7.89. The molecule has 0 saturated carbocycles. The zero-order chi connectivity index (χ0) is 20.9. The van der Waals surface area contributed by atoms with Crippen molar-refractivity contribution in [2.45, 2.75) is 18.4 Å². The summed E-state index contributed by atoms with van der Waals surface area (Å²) >= 11 is 0. The number of benzene rings is 2. The van der Waals surface area contributed by atoms with Crippen molar-refractivity contribution in [3.05, 3.63) is 59.7 Å². The molecule has 0 unspecified atom stereocenters. The summed E-state index contributed by atoms with van der Waals surface area (Å²) in [5, 5.41) is 0. The number of rotatable bonds is 7. The van der Waals surface area contributed by atoms with Gasteiger partial charge in [0, 0.05) is 31.7 Å². The van der Waals surface area contributed by atoms with Crippen LogP contribution in [0.4, 0.5) is 0 Å². The number of sulfonamides is 1. The summed E-state index contributed by atoms with van der Waals surface area (Å²) in [4.78, 5) is 14.5. The van der Waals surface area contributed by atoms with Crippen LogP contribution in [0.2, 0.25) is 0 Å². The van der Waals surface area contributed by atoms with Gasteiger partial charge in [-0.3, -0.25) is 4.79 Å². The topological polar surface area (TPSA) is 76.2 Å². The fourth-order valence-corrected chi connectivity index (χ4v) is 4.61. The van der Waals surface area contributed by atoms with Gasteiger partial charge in [0.05, 0.1) is 25.2 Å². The van der Waals surface area contributed by atoms with Gasteiger partial charge in [0.2, 0.25) is 10.0 Å². The minimum absolute atomic E-state index is 0.0296. The summed E-state index contributed by atoms with van der Waals surface area (Å²) < 4.78 is 37.7. The Bertz CT molecular complexity index is 921. The van der Waals surface area contributed by atoms with Crippen molar-refractivity contribution in [3.63, 3.8) is 0 Å². The molecule has 1 heterocycles. The molecule has 29 heavy (non-hydrogen) atoms. The molecule has 1 fully saturated rings. The van der Waals surface area contributed by atoms with Gasteiger partial charge in [0.15, 0.2) is 0 Å². The first-order chi connectivity index (χ1) is 14.0. The second-order valence-electron chi connectivity index (χ2n) is 6.71. The Labute approximate surface area is 171 Å². The Morgan fingerprint density at radius 3 is 2.24 bits per heavy atom. The smallest absolute Gasteiger partial charge is 0.254 e. The molecule has 0 bridgehead atoms. The lowest BCUT2D eigenvalue weighted by Gasteiger charge is -2.27. The van der Waals surface area contributed by atoms with Crippen molar-refractivity contribution in [1.29, 1.82) is 0 Å². The fraction of sp³-hybridized carbons (Fsp3) is 0.381. The number of carbonyl (C=O) groups is 1. The molecule has 7 nitrogen and oxygen atoms in total. The third-order valence-electron chi connectivity index (χ3n) is 4.91. The number of carbonyl (C=O) groups excluding carboxylic acids is 1. The fourth-order valence-electron chi connectivity index (χ4n) is 3.17. The van der Waals surface area contributed by atoms with E-state index in [9.17, 15) is 13.2 Å². The Hall–Kier alpha value is -2.42. The molecule has 0 radical (unpaired) electrons. The van der Waals surface area contributed by atoms with E-state index in [0.717, 1.165) is 5.56 Å². The van der Waals surface area contributed by atoms with E-state index < -0.39 is 10.0 Å². The van der Waals surface area contributed by atoms with Gasteiger partial charge in [-0.25, -0.2) is 8.42 Å². The monoisotopic (exact) mass is 418 g/mol. The van der Waals surface area contributed by atoms with E-state index in [1.807, 2.05) is 0 Å². The lowest BCUT2D eigenvalue weighted by Crippen LogP contribution is -2.40. The highest BCUT2D eigenvalue weighted by Gasteiger charge is 2.24. The molecule has 0 spiro atoms. The highest BCUT2D eigenvalue weighted by Crippen LogP contribution is 2.21. The van der Waals surface area contributed by atoms with E-state index in [0.29, 0.717) is 44.2 Å². The normalized spacial score (nSPS) is 14.8. The maximum absolute atomic E-state index is 13.0. The quantitative estimate of drug-likeness (QED) is 0.690. The number of hydrogen-bond acceptors (Lipinski definition) is 5. The predicted molar refractivity (Wildman–Crippen MR) is 109 cm³/mol. The van der Waals surface area contributed by atoms with Gasteiger partial charge >= 0.3 is 0 Å². The van der Waals surface area contributed by atoms with Crippen molar-refractivity contribution in [2.24, 2.45) is 0 Å². The second-order valence-corrected chi connectivity index (χ2v) is 8.65. The van der Waals surface area contributed by atoms with E-state index in [4.69, 9.17) is 9.47 Å². The summed E-state index contributed by atoms with van der Waals surface area (Å²) in [6.45, 7) is 4.66. The van der Waals surface area contributed by atoms with Gasteiger partial charge < -0.3 is 14.4 Å². The van der Waals surface area contributed by atoms with Crippen LogP contribution in [0.3, 0.4) is 0 Å². The van der Waals surface area contributed by atoms with Crippen molar-refractivity contribution in [3.8, 4) is 5.75 Å². The second kappa shape index (κ2) is 9.39. The van der Waals surface area contributed by atoms with Crippen LogP contribution in [0.5, 0.6) is 5.75 Å². The Balaban J connectivity index is 1.72. The number of nitrogens with zero attached hydrogens (tertiary/aromatic N) is 2. The van der Waals surface area contributed by atoms with Crippen LogP contribution >= 0.6 is 0 Å². The Morgan fingerprint density at radius 1 is 1.07 bits per heavy atom. The van der Waals surface area contributed by atoms with Crippen LogP contribution in [0, 0.1) is 0 Å². The molecule has 3 rings (SSSR count). The molecule has 0 aliphatic carbocycles. The molecule has 0 N–H and O–H groups in total. The molecule has 0 atom stereocenters. The van der Waals surface area contributed by atoms with E-state index in [-0.39, 0.29) is 17.3 Å². The van der Waals surface area contributed by atoms with E-state index in [1.54, 1.807) is 60.4 Å². The maximum atomic E-state index is 13.0. The molecular formula is C21H26N2O5S. The molecule has 2 aromatic rings. The summed E-state index contributed by atoms with van der Waals surface area (Å²) in [6.07, 6.45) is 0. The number of hydrogen-bond donors (Lipinski definition) is 0. The van der Waals surface area contributed by atoms with Crippen LogP contribution < -0.4 is 4.74 Å². The first-order valence-corrected chi connectivity index (χ1v) is 11.0. The summed E-state index contributed by atoms with van der Waals surface area (Å²) in [6, 6.07) is 13.5. The van der Waals surface area contributed by atoms with Gasteiger partial charge in [-0.2, -0.15) is 4.31 Å². The predicted octanol–water partition coefficient (Wildman–Crippen LogP) is 2.38. The summed E-state index contributed by atoms with van der Waals surface area (Å²) in [5.41, 5.74) is 1.42. The van der Waals surface area contributed by atoms with Crippen LogP contribution in [0.25, 0.3) is 0 Å². The molecule has 156 valence electrons. The molecule has 8 heteroatoms. The molecule has 0 aromatic heterocycles. The van der Waals surface area contributed by atoms with Crippen molar-refractivity contribution < 1.29 is 22.7 Å². The number of ether oxygens (including phenoxy) is 2. The Morgan fingerprint density at radius 2 is 1.69 bits per heavy atom. The summed E-state index contributed by atoms with van der Waals surface area (Å²) in [5.74, 6) is 0.575. The minimum atomic E-state index is -3.63. The van der Waals surface area contributed by atoms with Gasteiger partial charge in [0.25, 0.3) is 5.91 Å². The van der Waals surface area contributed by atoms with E-state index in [1.165, 1.54) is 11.4 Å². The van der Waals surface area contributed by atoms with Crippen LogP contribution in [-0.4, -0.2) is 63.5 Å². The van der Waals surface area contributed by atoms with Gasteiger partial charge in [0.1, 0.15) is 5.75 Å². The average molecular weight is 419 g/mol. The number of amides is 1. The largest absolute Gasteiger partial charge is 0.497 e. The lowest BCUT2D eigenvalue weighted by molar-refractivity contribution is 0.0303. The first-order valence-electron chi connectivity index (χ1n) is 9.56. The zero-order valence-electron chi connectivity index (χ0n) is 16.7. The third-order valence-corrected chi connectivity index (χ3v) is 6.84. The van der Waals surface area contributed by atoms with Gasteiger partial charge in [-0.05, 0) is 42.0 Å². The van der Waals surface area contributed by atoms with Gasteiger partial charge in [-0.15, -0.1) is 0 Å². The molecule has 1 aliphatic heterocycles. The molecule has 1 aliphatic rings. The SMILES string of the molecule is CCN(Cc1ccc(C(=O)N2CCOCC2)cc1)S(=O)(=O)c1ccc(OC)cc1. The van der Waals surface area contributed by atoms with Crippen molar-refractivity contribution in [1.82, 2.24) is 9.21 Å². The lowest BCUT2D eigenvalue weighted by atomic mass is 10.1. The third kappa shape index (κ3) is 4.95. The average Bonchev–Trinajstić information content (AvgIpc) is 2.78. The van der Waals surface area contributed by atoms with Crippen LogP contribution in [0.15, 0.2) is 53.4 Å². The Kier molecular flexibility index (Phi) is 6.89. The molecule has 2 aromatic carbocycles. The maximum Gasteiger partial charge on any atom is 0.254 e. The van der Waals surface area contributed by atoms with Crippen LogP contribution in [-0.2, 0) is 21.3 Å². The minimum Gasteiger partial charge on any atom is -0.497 e. The molecule has 1 saturated heterocycles. The summed E-state index contributed by atoms with van der Waals surface area (Å²) in [7, 11) is -2.09. The van der Waals surface area contributed by atoms with Crippen molar-refractivity contribution in [2.75, 3.05) is 40.0 Å². The number of morpholine rings is 1. The van der Waals surface area contributed by atoms with Crippen molar-refractivity contribution >= 4 is 15.9 Å². The number of methoxy groups -OCH3 is 1. The van der Waals surface area contributed by atoms with Gasteiger partial charge in [-0.1, -0.05) is 19.1 Å².